The van der Waals surface area contributed by atoms with E-state index < -0.39 is 0 Å². The standard InChI is InChI=1S/C16H22/c1-3-16(4-2)12-10-15(11-13-16)14-8-6-5-7-9-14/h5-10H,3-4,11-13H2,1-2H3. The fourth-order valence-electron chi connectivity index (χ4n) is 2.75. The summed E-state index contributed by atoms with van der Waals surface area (Å²) in [7, 11) is 0. The lowest BCUT2D eigenvalue weighted by Crippen LogP contribution is -2.21. The van der Waals surface area contributed by atoms with Gasteiger partial charge in [0, 0.05) is 0 Å². The molecule has 1 aliphatic rings. The van der Waals surface area contributed by atoms with Gasteiger partial charge in [-0.05, 0) is 35.8 Å². The van der Waals surface area contributed by atoms with Crippen molar-refractivity contribution < 1.29 is 0 Å². The largest absolute Gasteiger partial charge is 0.0802 e. The molecule has 16 heavy (non-hydrogen) atoms. The van der Waals surface area contributed by atoms with Crippen molar-refractivity contribution in [2.75, 3.05) is 0 Å². The van der Waals surface area contributed by atoms with Crippen LogP contribution in [0.3, 0.4) is 0 Å². The van der Waals surface area contributed by atoms with E-state index in [1.807, 2.05) is 0 Å². The third-order valence-corrected chi connectivity index (χ3v) is 4.35. The molecule has 0 amide bonds. The number of hydrogen-bond donors (Lipinski definition) is 0. The average molecular weight is 214 g/mol. The summed E-state index contributed by atoms with van der Waals surface area (Å²) in [6.07, 6.45) is 9.01. The van der Waals surface area contributed by atoms with Crippen molar-refractivity contribution >= 4 is 5.57 Å². The molecule has 0 heteroatoms. The predicted octanol–water partition coefficient (Wildman–Crippen LogP) is 5.06. The topological polar surface area (TPSA) is 0 Å². The Morgan fingerprint density at radius 3 is 2.25 bits per heavy atom. The highest BCUT2D eigenvalue weighted by Gasteiger charge is 2.28. The first kappa shape index (κ1) is 11.4. The third kappa shape index (κ3) is 2.21. The Morgan fingerprint density at radius 1 is 1.06 bits per heavy atom. The molecule has 0 N–H and O–H groups in total. The van der Waals surface area contributed by atoms with E-state index in [1.54, 1.807) is 5.57 Å². The molecular weight excluding hydrogens is 192 g/mol. The molecule has 2 rings (SSSR count). The smallest absolute Gasteiger partial charge is 0.0228 e. The maximum Gasteiger partial charge on any atom is -0.0228 e. The fraction of sp³-hybridized carbons (Fsp3) is 0.500. The lowest BCUT2D eigenvalue weighted by atomic mass is 9.70. The van der Waals surface area contributed by atoms with Crippen LogP contribution in [0, 0.1) is 5.41 Å². The molecule has 0 aliphatic heterocycles. The Morgan fingerprint density at radius 2 is 1.75 bits per heavy atom. The summed E-state index contributed by atoms with van der Waals surface area (Å²) in [5.41, 5.74) is 3.57. The summed E-state index contributed by atoms with van der Waals surface area (Å²) in [5, 5.41) is 0. The van der Waals surface area contributed by atoms with Crippen molar-refractivity contribution in [3.05, 3.63) is 42.0 Å². The second kappa shape index (κ2) is 4.86. The molecule has 0 bridgehead atoms. The van der Waals surface area contributed by atoms with Crippen LogP contribution < -0.4 is 0 Å². The average Bonchev–Trinajstić information content (AvgIpc) is 2.40. The van der Waals surface area contributed by atoms with E-state index in [0.717, 1.165) is 0 Å². The van der Waals surface area contributed by atoms with Crippen LogP contribution in [-0.2, 0) is 0 Å². The van der Waals surface area contributed by atoms with E-state index in [2.05, 4.69) is 50.3 Å². The van der Waals surface area contributed by atoms with Gasteiger partial charge in [-0.1, -0.05) is 63.1 Å². The van der Waals surface area contributed by atoms with Crippen molar-refractivity contribution in [3.8, 4) is 0 Å². The lowest BCUT2D eigenvalue weighted by molar-refractivity contribution is 0.238. The minimum atomic E-state index is 0.596. The zero-order valence-corrected chi connectivity index (χ0v) is 10.5. The van der Waals surface area contributed by atoms with E-state index in [0.29, 0.717) is 5.41 Å². The van der Waals surface area contributed by atoms with Crippen molar-refractivity contribution in [2.45, 2.75) is 46.0 Å². The van der Waals surface area contributed by atoms with Gasteiger partial charge in [0.15, 0.2) is 0 Å². The summed E-state index contributed by atoms with van der Waals surface area (Å²) in [4.78, 5) is 0. The van der Waals surface area contributed by atoms with Crippen LogP contribution in [-0.4, -0.2) is 0 Å². The Kier molecular flexibility index (Phi) is 3.48. The highest BCUT2D eigenvalue weighted by Crippen LogP contribution is 2.43. The molecule has 0 heterocycles. The Labute approximate surface area is 99.4 Å². The quantitative estimate of drug-likeness (QED) is 0.659. The highest BCUT2D eigenvalue weighted by atomic mass is 14.3. The predicted molar refractivity (Wildman–Crippen MR) is 71.3 cm³/mol. The molecule has 1 aromatic rings. The van der Waals surface area contributed by atoms with E-state index in [1.165, 1.54) is 37.7 Å². The summed E-state index contributed by atoms with van der Waals surface area (Å²) >= 11 is 0. The van der Waals surface area contributed by atoms with Crippen molar-refractivity contribution in [3.63, 3.8) is 0 Å². The van der Waals surface area contributed by atoms with E-state index in [4.69, 9.17) is 0 Å². The van der Waals surface area contributed by atoms with Crippen molar-refractivity contribution in [2.24, 2.45) is 5.41 Å². The van der Waals surface area contributed by atoms with E-state index in [-0.39, 0.29) is 0 Å². The van der Waals surface area contributed by atoms with Crippen molar-refractivity contribution in [1.29, 1.82) is 0 Å². The number of rotatable bonds is 3. The Hall–Kier alpha value is -1.04. The summed E-state index contributed by atoms with van der Waals surface area (Å²) in [6, 6.07) is 10.8. The van der Waals surface area contributed by atoms with Crippen LogP contribution in [0.15, 0.2) is 36.4 Å². The molecule has 1 aliphatic carbocycles. The van der Waals surface area contributed by atoms with Gasteiger partial charge in [-0.25, -0.2) is 0 Å². The third-order valence-electron chi connectivity index (χ3n) is 4.35. The summed E-state index contributed by atoms with van der Waals surface area (Å²) < 4.78 is 0. The van der Waals surface area contributed by atoms with Crippen LogP contribution >= 0.6 is 0 Å². The summed E-state index contributed by atoms with van der Waals surface area (Å²) in [5.74, 6) is 0. The number of allylic oxidation sites excluding steroid dienone is 2. The highest BCUT2D eigenvalue weighted by molar-refractivity contribution is 5.66. The molecule has 0 unspecified atom stereocenters. The summed E-state index contributed by atoms with van der Waals surface area (Å²) in [6.45, 7) is 4.68. The maximum atomic E-state index is 2.48. The normalized spacial score (nSPS) is 19.2. The molecule has 0 radical (unpaired) electrons. The molecule has 0 spiro atoms. The van der Waals surface area contributed by atoms with Gasteiger partial charge in [-0.3, -0.25) is 0 Å². The van der Waals surface area contributed by atoms with Gasteiger partial charge in [0.25, 0.3) is 0 Å². The minimum Gasteiger partial charge on any atom is -0.0802 e. The number of benzene rings is 1. The first-order valence-corrected chi connectivity index (χ1v) is 6.54. The first-order valence-electron chi connectivity index (χ1n) is 6.54. The van der Waals surface area contributed by atoms with E-state index in [9.17, 15) is 0 Å². The van der Waals surface area contributed by atoms with Gasteiger partial charge in [0.1, 0.15) is 0 Å². The number of hydrogen-bond acceptors (Lipinski definition) is 0. The van der Waals surface area contributed by atoms with Crippen LogP contribution in [0.5, 0.6) is 0 Å². The van der Waals surface area contributed by atoms with Crippen LogP contribution in [0.2, 0.25) is 0 Å². The first-order chi connectivity index (χ1) is 7.79. The second-order valence-corrected chi connectivity index (χ2v) is 5.01. The molecular formula is C16H22. The van der Waals surface area contributed by atoms with Gasteiger partial charge in [-0.15, -0.1) is 0 Å². The molecule has 0 nitrogen and oxygen atoms in total. The Bertz CT molecular complexity index is 355. The molecule has 0 aromatic heterocycles. The molecule has 86 valence electrons. The molecule has 0 saturated carbocycles. The van der Waals surface area contributed by atoms with Crippen molar-refractivity contribution in [1.82, 2.24) is 0 Å². The monoisotopic (exact) mass is 214 g/mol. The molecule has 0 saturated heterocycles. The molecule has 0 atom stereocenters. The minimum absolute atomic E-state index is 0.596. The van der Waals surface area contributed by atoms with Crippen LogP contribution in [0.25, 0.3) is 5.57 Å². The zero-order chi connectivity index (χ0) is 11.4. The second-order valence-electron chi connectivity index (χ2n) is 5.01. The van der Waals surface area contributed by atoms with Gasteiger partial charge < -0.3 is 0 Å². The van der Waals surface area contributed by atoms with Crippen LogP contribution in [0.4, 0.5) is 0 Å². The Balaban J connectivity index is 2.15. The van der Waals surface area contributed by atoms with Gasteiger partial charge in [0.2, 0.25) is 0 Å². The molecule has 1 aromatic carbocycles. The molecule has 0 fully saturated rings. The fourth-order valence-corrected chi connectivity index (χ4v) is 2.75. The maximum absolute atomic E-state index is 2.48. The van der Waals surface area contributed by atoms with Gasteiger partial charge in [-0.2, -0.15) is 0 Å². The lowest BCUT2D eigenvalue weighted by Gasteiger charge is -2.35. The van der Waals surface area contributed by atoms with Gasteiger partial charge in [0.05, 0.1) is 0 Å². The zero-order valence-electron chi connectivity index (χ0n) is 10.5. The van der Waals surface area contributed by atoms with Gasteiger partial charge >= 0.3 is 0 Å². The SMILES string of the molecule is CCC1(CC)CC=C(c2ccccc2)CC1. The van der Waals surface area contributed by atoms with Crippen LogP contribution in [0.1, 0.15) is 51.5 Å². The van der Waals surface area contributed by atoms with E-state index >= 15 is 0 Å².